The van der Waals surface area contributed by atoms with Crippen LogP contribution in [-0.2, 0) is 6.42 Å². The van der Waals surface area contributed by atoms with Crippen molar-refractivity contribution in [3.8, 4) is 11.3 Å². The highest BCUT2D eigenvalue weighted by Crippen LogP contribution is 2.23. The first-order valence-corrected chi connectivity index (χ1v) is 4.95. The molecule has 0 atom stereocenters. The summed E-state index contributed by atoms with van der Waals surface area (Å²) in [6, 6.07) is 3.54. The number of nitrogens with one attached hydrogen (secondary N) is 1. The minimum Gasteiger partial charge on any atom is -0.478 e. The topological polar surface area (TPSA) is 78.9 Å². The van der Waals surface area contributed by atoms with Gasteiger partial charge in [0.05, 0.1) is 5.69 Å². The van der Waals surface area contributed by atoms with Crippen molar-refractivity contribution in [2.45, 2.75) is 13.3 Å². The summed E-state index contributed by atoms with van der Waals surface area (Å²) in [5.41, 5.74) is 2.01. The average molecular weight is 217 g/mol. The van der Waals surface area contributed by atoms with Crippen molar-refractivity contribution in [2.24, 2.45) is 0 Å². The smallest absolute Gasteiger partial charge is 0.339 e. The van der Waals surface area contributed by atoms with E-state index in [0.717, 1.165) is 0 Å². The summed E-state index contributed by atoms with van der Waals surface area (Å²) in [5, 5.41) is 15.9. The maximum Gasteiger partial charge on any atom is 0.339 e. The number of H-pyrrole nitrogens is 1. The van der Waals surface area contributed by atoms with Gasteiger partial charge in [0.1, 0.15) is 11.3 Å². The zero-order valence-electron chi connectivity index (χ0n) is 8.77. The normalized spacial score (nSPS) is 10.3. The van der Waals surface area contributed by atoms with Gasteiger partial charge in [-0.05, 0) is 18.6 Å². The van der Waals surface area contributed by atoms with Gasteiger partial charge in [-0.15, -0.1) is 0 Å². The van der Waals surface area contributed by atoms with Crippen molar-refractivity contribution in [1.29, 1.82) is 0 Å². The van der Waals surface area contributed by atoms with Gasteiger partial charge >= 0.3 is 5.97 Å². The third-order valence-corrected chi connectivity index (χ3v) is 2.34. The number of hydrogen-bond donors (Lipinski definition) is 2. The Kier molecular flexibility index (Phi) is 2.68. The van der Waals surface area contributed by atoms with E-state index in [1.165, 1.54) is 0 Å². The molecule has 0 aliphatic heterocycles. The van der Waals surface area contributed by atoms with E-state index in [-0.39, 0.29) is 5.56 Å². The summed E-state index contributed by atoms with van der Waals surface area (Å²) in [6.45, 7) is 1.88. The van der Waals surface area contributed by atoms with Crippen LogP contribution in [0.3, 0.4) is 0 Å². The molecule has 0 amide bonds. The molecule has 0 spiro atoms. The molecule has 0 radical (unpaired) electrons. The fraction of sp³-hybridized carbons (Fsp3) is 0.182. The van der Waals surface area contributed by atoms with Crippen LogP contribution in [0.1, 0.15) is 23.0 Å². The number of carboxylic acid groups (broad SMARTS) is 1. The van der Waals surface area contributed by atoms with Crippen molar-refractivity contribution in [1.82, 2.24) is 15.2 Å². The molecular weight excluding hydrogens is 206 g/mol. The van der Waals surface area contributed by atoms with Gasteiger partial charge in [0.15, 0.2) is 0 Å². The van der Waals surface area contributed by atoms with E-state index in [1.54, 1.807) is 24.5 Å². The summed E-state index contributed by atoms with van der Waals surface area (Å²) in [5.74, 6) is -0.968. The molecule has 16 heavy (non-hydrogen) atoms. The number of nitrogens with zero attached hydrogens (tertiary/aromatic N) is 2. The fourth-order valence-electron chi connectivity index (χ4n) is 1.58. The van der Waals surface area contributed by atoms with Crippen LogP contribution in [0, 0.1) is 0 Å². The van der Waals surface area contributed by atoms with E-state index >= 15 is 0 Å². The van der Waals surface area contributed by atoms with Gasteiger partial charge in [0.25, 0.3) is 0 Å². The molecule has 2 N–H and O–H groups in total. The maximum atomic E-state index is 11.2. The van der Waals surface area contributed by atoms with Crippen molar-refractivity contribution < 1.29 is 9.90 Å². The molecule has 0 saturated heterocycles. The van der Waals surface area contributed by atoms with Crippen LogP contribution in [-0.4, -0.2) is 26.3 Å². The van der Waals surface area contributed by atoms with Crippen molar-refractivity contribution in [3.63, 3.8) is 0 Å². The third-order valence-electron chi connectivity index (χ3n) is 2.34. The Morgan fingerprint density at radius 3 is 2.94 bits per heavy atom. The lowest BCUT2D eigenvalue weighted by atomic mass is 10.1. The highest BCUT2D eigenvalue weighted by Gasteiger charge is 2.19. The second kappa shape index (κ2) is 4.14. The molecule has 0 aliphatic rings. The van der Waals surface area contributed by atoms with Crippen LogP contribution in [0.25, 0.3) is 11.3 Å². The van der Waals surface area contributed by atoms with Gasteiger partial charge in [0, 0.05) is 18.0 Å². The van der Waals surface area contributed by atoms with E-state index in [1.807, 2.05) is 6.92 Å². The molecule has 0 saturated carbocycles. The molecule has 82 valence electrons. The standard InChI is InChI=1S/C11H11N3O2/c1-2-8-9(11(15)16)10(14-13-8)7-4-3-5-12-6-7/h3-6H,2H2,1H3,(H,13,14)(H,15,16). The van der Waals surface area contributed by atoms with Crippen molar-refractivity contribution >= 4 is 5.97 Å². The third kappa shape index (κ3) is 1.67. The van der Waals surface area contributed by atoms with Gasteiger partial charge in [0.2, 0.25) is 0 Å². The Hall–Kier alpha value is -2.17. The Balaban J connectivity index is 2.58. The second-order valence-electron chi connectivity index (χ2n) is 3.33. The number of carboxylic acids is 1. The van der Waals surface area contributed by atoms with Crippen LogP contribution in [0.4, 0.5) is 0 Å². The second-order valence-corrected chi connectivity index (χ2v) is 3.33. The van der Waals surface area contributed by atoms with E-state index in [4.69, 9.17) is 5.11 Å². The number of hydrogen-bond acceptors (Lipinski definition) is 3. The number of carbonyl (C=O) groups is 1. The lowest BCUT2D eigenvalue weighted by molar-refractivity contribution is 0.0696. The number of aromatic amines is 1. The Morgan fingerprint density at radius 1 is 1.56 bits per heavy atom. The molecule has 2 aromatic rings. The van der Waals surface area contributed by atoms with E-state index in [2.05, 4.69) is 15.2 Å². The molecule has 2 rings (SSSR count). The predicted octanol–water partition coefficient (Wildman–Crippen LogP) is 1.73. The van der Waals surface area contributed by atoms with Crippen molar-refractivity contribution in [3.05, 3.63) is 35.8 Å². The minimum atomic E-state index is -0.968. The fourth-order valence-corrected chi connectivity index (χ4v) is 1.58. The first kappa shape index (κ1) is 10.4. The summed E-state index contributed by atoms with van der Waals surface area (Å²) in [6.07, 6.45) is 3.84. The van der Waals surface area contributed by atoms with Crippen molar-refractivity contribution in [2.75, 3.05) is 0 Å². The van der Waals surface area contributed by atoms with Crippen LogP contribution in [0.15, 0.2) is 24.5 Å². The summed E-state index contributed by atoms with van der Waals surface area (Å²) in [7, 11) is 0. The van der Waals surface area contributed by atoms with Crippen LogP contribution >= 0.6 is 0 Å². The number of aryl methyl sites for hydroxylation is 1. The number of pyridine rings is 1. The molecule has 0 fully saturated rings. The molecule has 0 aromatic carbocycles. The number of aromatic nitrogens is 3. The quantitative estimate of drug-likeness (QED) is 0.820. The first-order valence-electron chi connectivity index (χ1n) is 4.95. The lowest BCUT2D eigenvalue weighted by Crippen LogP contribution is -2.01. The van der Waals surface area contributed by atoms with Gasteiger partial charge in [-0.1, -0.05) is 6.92 Å². The molecule has 0 bridgehead atoms. The largest absolute Gasteiger partial charge is 0.478 e. The van der Waals surface area contributed by atoms with Gasteiger partial charge in [-0.25, -0.2) is 4.79 Å². The Morgan fingerprint density at radius 2 is 2.38 bits per heavy atom. The Bertz CT molecular complexity index is 505. The van der Waals surface area contributed by atoms with Gasteiger partial charge in [-0.3, -0.25) is 10.1 Å². The van der Waals surface area contributed by atoms with Crippen LogP contribution < -0.4 is 0 Å². The van der Waals surface area contributed by atoms with Gasteiger partial charge < -0.3 is 5.11 Å². The molecule has 0 unspecified atom stereocenters. The van der Waals surface area contributed by atoms with E-state index in [0.29, 0.717) is 23.4 Å². The van der Waals surface area contributed by atoms with E-state index in [9.17, 15) is 4.79 Å². The van der Waals surface area contributed by atoms with Gasteiger partial charge in [-0.2, -0.15) is 5.10 Å². The number of aromatic carboxylic acids is 1. The predicted molar refractivity (Wildman–Crippen MR) is 58.2 cm³/mol. The molecule has 2 aromatic heterocycles. The summed E-state index contributed by atoms with van der Waals surface area (Å²) >= 11 is 0. The minimum absolute atomic E-state index is 0.232. The Labute approximate surface area is 92.2 Å². The summed E-state index contributed by atoms with van der Waals surface area (Å²) < 4.78 is 0. The number of rotatable bonds is 3. The highest BCUT2D eigenvalue weighted by atomic mass is 16.4. The van der Waals surface area contributed by atoms with Crippen LogP contribution in [0.5, 0.6) is 0 Å². The average Bonchev–Trinajstić information content (AvgIpc) is 2.73. The molecular formula is C11H11N3O2. The monoisotopic (exact) mass is 217 g/mol. The summed E-state index contributed by atoms with van der Waals surface area (Å²) in [4.78, 5) is 15.1. The van der Waals surface area contributed by atoms with E-state index < -0.39 is 5.97 Å². The lowest BCUT2D eigenvalue weighted by Gasteiger charge is -1.98. The molecule has 5 nitrogen and oxygen atoms in total. The maximum absolute atomic E-state index is 11.2. The zero-order chi connectivity index (χ0) is 11.5. The molecule has 5 heteroatoms. The van der Waals surface area contributed by atoms with Crippen LogP contribution in [0.2, 0.25) is 0 Å². The SMILES string of the molecule is CCc1[nH]nc(-c2cccnc2)c1C(=O)O. The molecule has 0 aliphatic carbocycles. The highest BCUT2D eigenvalue weighted by molar-refractivity contribution is 5.96. The molecule has 2 heterocycles. The first-order chi connectivity index (χ1) is 7.74. The zero-order valence-corrected chi connectivity index (χ0v) is 8.77.